The van der Waals surface area contributed by atoms with E-state index in [1.165, 1.54) is 5.56 Å². The molecule has 1 atom stereocenters. The van der Waals surface area contributed by atoms with Crippen molar-refractivity contribution >= 4 is 11.8 Å². The molecule has 6 nitrogen and oxygen atoms in total. The summed E-state index contributed by atoms with van der Waals surface area (Å²) in [6.45, 7) is 4.21. The van der Waals surface area contributed by atoms with Crippen LogP contribution in [0.5, 0.6) is 0 Å². The van der Waals surface area contributed by atoms with Gasteiger partial charge in [-0.2, -0.15) is 0 Å². The summed E-state index contributed by atoms with van der Waals surface area (Å²) in [5.41, 5.74) is 2.07. The number of hydrogen-bond acceptors (Lipinski definition) is 4. The summed E-state index contributed by atoms with van der Waals surface area (Å²) in [5, 5.41) is 2.96. The van der Waals surface area contributed by atoms with Gasteiger partial charge in [0.2, 0.25) is 11.8 Å². The fraction of sp³-hybridized carbons (Fsp3) is 0.500. The van der Waals surface area contributed by atoms with E-state index in [1.807, 2.05) is 36.4 Å². The largest absolute Gasteiger partial charge is 0.349 e. The first-order valence-electron chi connectivity index (χ1n) is 11.9. The summed E-state index contributed by atoms with van der Waals surface area (Å²) >= 11 is 0. The third kappa shape index (κ3) is 6.16. The molecule has 2 saturated heterocycles. The van der Waals surface area contributed by atoms with Crippen LogP contribution in [-0.2, 0) is 22.7 Å². The summed E-state index contributed by atoms with van der Waals surface area (Å²) in [4.78, 5) is 34.2. The maximum atomic E-state index is 13.4. The van der Waals surface area contributed by atoms with Crippen LogP contribution in [0, 0.1) is 11.8 Å². The molecule has 32 heavy (non-hydrogen) atoms. The van der Waals surface area contributed by atoms with E-state index in [-0.39, 0.29) is 11.8 Å². The van der Waals surface area contributed by atoms with Crippen LogP contribution in [0.2, 0.25) is 0 Å². The molecule has 0 aliphatic carbocycles. The summed E-state index contributed by atoms with van der Waals surface area (Å²) in [5.74, 6) is 0.916. The maximum absolute atomic E-state index is 13.4. The highest BCUT2D eigenvalue weighted by Gasteiger charge is 2.35. The number of carbonyl (C=O) groups is 2. The number of nitrogens with one attached hydrogen (secondary N) is 1. The van der Waals surface area contributed by atoms with Gasteiger partial charge in [-0.1, -0.05) is 42.8 Å². The zero-order chi connectivity index (χ0) is 22.2. The molecule has 4 rings (SSSR count). The number of hydrogen-bond donors (Lipinski definition) is 1. The van der Waals surface area contributed by atoms with E-state index in [9.17, 15) is 9.59 Å². The number of pyridine rings is 1. The molecule has 0 unspecified atom stereocenters. The van der Waals surface area contributed by atoms with Gasteiger partial charge in [0.15, 0.2) is 0 Å². The van der Waals surface area contributed by atoms with Crippen molar-refractivity contribution in [2.45, 2.75) is 45.2 Å². The highest BCUT2D eigenvalue weighted by Crippen LogP contribution is 2.32. The van der Waals surface area contributed by atoms with Gasteiger partial charge in [-0.3, -0.25) is 19.5 Å². The number of rotatable bonds is 7. The second-order valence-corrected chi connectivity index (χ2v) is 9.06. The molecule has 0 saturated carbocycles. The van der Waals surface area contributed by atoms with Gasteiger partial charge in [0.05, 0.1) is 18.8 Å². The topological polar surface area (TPSA) is 65.5 Å². The van der Waals surface area contributed by atoms with E-state index >= 15 is 0 Å². The normalized spacial score (nSPS) is 20.7. The Kier molecular flexibility index (Phi) is 7.88. The molecule has 170 valence electrons. The predicted octanol–water partition coefficient (Wildman–Crippen LogP) is 3.24. The van der Waals surface area contributed by atoms with Crippen molar-refractivity contribution in [2.24, 2.45) is 11.8 Å². The quantitative estimate of drug-likeness (QED) is 0.727. The fourth-order valence-electron chi connectivity index (χ4n) is 5.00. The van der Waals surface area contributed by atoms with E-state index in [0.717, 1.165) is 57.4 Å². The first-order chi connectivity index (χ1) is 15.7. The van der Waals surface area contributed by atoms with Crippen LogP contribution in [-0.4, -0.2) is 52.8 Å². The third-order valence-electron chi connectivity index (χ3n) is 6.80. The molecule has 6 heteroatoms. The first kappa shape index (κ1) is 22.5. The monoisotopic (exact) mass is 434 g/mol. The second kappa shape index (κ2) is 11.2. The Hall–Kier alpha value is -2.73. The summed E-state index contributed by atoms with van der Waals surface area (Å²) in [6.07, 6.45) is 6.93. The lowest BCUT2D eigenvalue weighted by molar-refractivity contribution is -0.138. The van der Waals surface area contributed by atoms with Crippen molar-refractivity contribution in [3.63, 3.8) is 0 Å². The van der Waals surface area contributed by atoms with Crippen molar-refractivity contribution < 1.29 is 9.59 Å². The average Bonchev–Trinajstić information content (AvgIpc) is 3.01. The molecule has 1 aromatic heterocycles. The van der Waals surface area contributed by atoms with Gasteiger partial charge in [-0.25, -0.2) is 0 Å². The van der Waals surface area contributed by atoms with Gasteiger partial charge in [0, 0.05) is 25.2 Å². The Morgan fingerprint density at radius 2 is 1.75 bits per heavy atom. The van der Waals surface area contributed by atoms with Gasteiger partial charge >= 0.3 is 0 Å². The number of carbonyl (C=O) groups excluding carboxylic acids is 2. The van der Waals surface area contributed by atoms with E-state index in [4.69, 9.17) is 0 Å². The van der Waals surface area contributed by atoms with Gasteiger partial charge in [0.1, 0.15) is 0 Å². The average molecular weight is 435 g/mol. The minimum atomic E-state index is 0.0358. The molecule has 1 N–H and O–H groups in total. The molecule has 0 bridgehead atoms. The van der Waals surface area contributed by atoms with Crippen LogP contribution in [0.15, 0.2) is 54.7 Å². The van der Waals surface area contributed by atoms with Gasteiger partial charge in [0.25, 0.3) is 0 Å². The molecule has 2 amide bonds. The molecule has 0 radical (unpaired) electrons. The van der Waals surface area contributed by atoms with E-state index < -0.39 is 0 Å². The number of benzene rings is 1. The molecule has 0 spiro atoms. The van der Waals surface area contributed by atoms with Crippen molar-refractivity contribution in [1.82, 2.24) is 20.1 Å². The Balaban J connectivity index is 1.25. The lowest BCUT2D eigenvalue weighted by atomic mass is 9.81. The predicted molar refractivity (Wildman–Crippen MR) is 124 cm³/mol. The highest BCUT2D eigenvalue weighted by atomic mass is 16.2. The summed E-state index contributed by atoms with van der Waals surface area (Å²) in [7, 11) is 0. The molecule has 2 fully saturated rings. The standard InChI is InChI=1S/C26H34N4O2/c31-25(28-18-23-10-4-6-14-27-23)20-29-16-12-22(13-17-29)24-11-5-7-15-30(26(24)32)19-21-8-2-1-3-9-21/h1-4,6,8-10,14,22,24H,5,7,11-13,15-20H2,(H,28,31)/t24-/m1/s1. The Morgan fingerprint density at radius 1 is 0.969 bits per heavy atom. The van der Waals surface area contributed by atoms with Crippen LogP contribution in [0.4, 0.5) is 0 Å². The Bertz CT molecular complexity index is 866. The minimum absolute atomic E-state index is 0.0358. The number of likely N-dealkylation sites (tertiary alicyclic amines) is 2. The van der Waals surface area contributed by atoms with Crippen molar-refractivity contribution in [3.05, 3.63) is 66.0 Å². The van der Waals surface area contributed by atoms with Crippen LogP contribution in [0.25, 0.3) is 0 Å². The van der Waals surface area contributed by atoms with E-state index in [2.05, 4.69) is 32.2 Å². The number of amides is 2. The minimum Gasteiger partial charge on any atom is -0.349 e. The molecule has 2 aliphatic heterocycles. The Morgan fingerprint density at radius 3 is 2.50 bits per heavy atom. The summed E-state index contributed by atoms with van der Waals surface area (Å²) in [6, 6.07) is 16.0. The zero-order valence-corrected chi connectivity index (χ0v) is 18.8. The molecule has 2 aliphatic rings. The van der Waals surface area contributed by atoms with Crippen molar-refractivity contribution in [1.29, 1.82) is 0 Å². The smallest absolute Gasteiger partial charge is 0.234 e. The van der Waals surface area contributed by atoms with Crippen LogP contribution < -0.4 is 5.32 Å². The molecule has 1 aromatic carbocycles. The second-order valence-electron chi connectivity index (χ2n) is 9.06. The van der Waals surface area contributed by atoms with Crippen molar-refractivity contribution in [3.8, 4) is 0 Å². The molecule has 2 aromatic rings. The van der Waals surface area contributed by atoms with E-state index in [0.29, 0.717) is 31.5 Å². The highest BCUT2D eigenvalue weighted by molar-refractivity contribution is 5.79. The number of aromatic nitrogens is 1. The maximum Gasteiger partial charge on any atom is 0.234 e. The Labute approximate surface area is 191 Å². The van der Waals surface area contributed by atoms with Gasteiger partial charge in [-0.05, 0) is 62.4 Å². The molecular formula is C26H34N4O2. The lowest BCUT2D eigenvalue weighted by Crippen LogP contribution is -2.45. The first-order valence-corrected chi connectivity index (χ1v) is 11.9. The lowest BCUT2D eigenvalue weighted by Gasteiger charge is -2.36. The van der Waals surface area contributed by atoms with Crippen LogP contribution >= 0.6 is 0 Å². The SMILES string of the molecule is O=C(CN1CCC([C@H]2CCCCN(Cc3ccccc3)C2=O)CC1)NCc1ccccn1. The molecular weight excluding hydrogens is 400 g/mol. The molecule has 3 heterocycles. The number of nitrogens with zero attached hydrogens (tertiary/aromatic N) is 3. The summed E-state index contributed by atoms with van der Waals surface area (Å²) < 4.78 is 0. The number of piperidine rings is 1. The van der Waals surface area contributed by atoms with Crippen molar-refractivity contribution in [2.75, 3.05) is 26.2 Å². The van der Waals surface area contributed by atoms with Crippen LogP contribution in [0.1, 0.15) is 43.4 Å². The third-order valence-corrected chi connectivity index (χ3v) is 6.80. The van der Waals surface area contributed by atoms with Crippen LogP contribution in [0.3, 0.4) is 0 Å². The zero-order valence-electron chi connectivity index (χ0n) is 18.8. The van der Waals surface area contributed by atoms with E-state index in [1.54, 1.807) is 6.20 Å². The van der Waals surface area contributed by atoms with Gasteiger partial charge < -0.3 is 10.2 Å². The van der Waals surface area contributed by atoms with Gasteiger partial charge in [-0.15, -0.1) is 0 Å². The fourth-order valence-corrected chi connectivity index (χ4v) is 5.00.